The lowest BCUT2D eigenvalue weighted by molar-refractivity contribution is -0.113. The van der Waals surface area contributed by atoms with Gasteiger partial charge in [-0.25, -0.2) is 8.78 Å². The minimum atomic E-state index is -0.836. The molecule has 1 N–H and O–H groups in total. The third-order valence-corrected chi connectivity index (χ3v) is 5.85. The highest BCUT2D eigenvalue weighted by Crippen LogP contribution is 2.30. The van der Waals surface area contributed by atoms with Crippen molar-refractivity contribution in [3.05, 3.63) is 95.0 Å². The lowest BCUT2D eigenvalue weighted by Crippen LogP contribution is -2.16. The molecule has 32 heavy (non-hydrogen) atoms. The van der Waals surface area contributed by atoms with Gasteiger partial charge in [-0.2, -0.15) is 0 Å². The predicted octanol–water partition coefficient (Wildman–Crippen LogP) is 5.66. The summed E-state index contributed by atoms with van der Waals surface area (Å²) in [6.07, 6.45) is 0. The third-order valence-electron chi connectivity index (χ3n) is 4.55. The molecule has 0 saturated heterocycles. The molecule has 162 valence electrons. The van der Waals surface area contributed by atoms with Gasteiger partial charge in [-0.05, 0) is 29.8 Å². The average Bonchev–Trinajstić information content (AvgIpc) is 3.17. The Labute approximate surface area is 192 Å². The standard InChI is InChI=1S/C23H17ClF2N4OS/c24-18-9-5-4-8-17(18)22-28-29-23(30(22)13-15-6-2-1-3-7-15)32-14-21(31)27-20-11-10-16(25)12-19(20)26/h1-12H,13-14H2,(H,27,31). The second kappa shape index (κ2) is 9.93. The zero-order valence-corrected chi connectivity index (χ0v) is 18.2. The molecule has 9 heteroatoms. The van der Waals surface area contributed by atoms with Gasteiger partial charge in [0.1, 0.15) is 11.6 Å². The van der Waals surface area contributed by atoms with Crippen LogP contribution in [-0.2, 0) is 11.3 Å². The van der Waals surface area contributed by atoms with E-state index in [1.165, 1.54) is 6.07 Å². The number of anilines is 1. The number of nitrogens with one attached hydrogen (secondary N) is 1. The van der Waals surface area contributed by atoms with Crippen LogP contribution < -0.4 is 5.32 Å². The van der Waals surface area contributed by atoms with Crippen molar-refractivity contribution in [2.45, 2.75) is 11.7 Å². The summed E-state index contributed by atoms with van der Waals surface area (Å²) in [4.78, 5) is 12.4. The number of thioether (sulfide) groups is 1. The van der Waals surface area contributed by atoms with E-state index in [-0.39, 0.29) is 11.4 Å². The van der Waals surface area contributed by atoms with Crippen molar-refractivity contribution >= 4 is 35.0 Å². The third kappa shape index (κ3) is 5.15. The number of benzene rings is 3. The fourth-order valence-electron chi connectivity index (χ4n) is 3.05. The topological polar surface area (TPSA) is 59.8 Å². The van der Waals surface area contributed by atoms with E-state index in [0.29, 0.717) is 22.5 Å². The lowest BCUT2D eigenvalue weighted by atomic mass is 10.2. The van der Waals surface area contributed by atoms with Crippen LogP contribution in [0.25, 0.3) is 11.4 Å². The first-order valence-electron chi connectivity index (χ1n) is 9.61. The number of carbonyl (C=O) groups excluding carboxylic acids is 1. The molecular weight excluding hydrogens is 454 g/mol. The van der Waals surface area contributed by atoms with E-state index >= 15 is 0 Å². The van der Waals surface area contributed by atoms with Gasteiger partial charge in [0, 0.05) is 11.6 Å². The first kappa shape index (κ1) is 22.0. The molecule has 0 fully saturated rings. The van der Waals surface area contributed by atoms with Crippen LogP contribution in [0.15, 0.2) is 78.0 Å². The maximum absolute atomic E-state index is 13.8. The molecule has 0 unspecified atom stereocenters. The average molecular weight is 471 g/mol. The molecule has 0 aliphatic rings. The Balaban J connectivity index is 1.56. The summed E-state index contributed by atoms with van der Waals surface area (Å²) in [6, 6.07) is 20.1. The van der Waals surface area contributed by atoms with Crippen molar-refractivity contribution in [2.24, 2.45) is 0 Å². The Morgan fingerprint density at radius 2 is 1.75 bits per heavy atom. The van der Waals surface area contributed by atoms with Crippen LogP contribution in [0.4, 0.5) is 14.5 Å². The number of halogens is 3. The van der Waals surface area contributed by atoms with Crippen molar-refractivity contribution < 1.29 is 13.6 Å². The Kier molecular flexibility index (Phi) is 6.82. The van der Waals surface area contributed by atoms with Gasteiger partial charge in [0.05, 0.1) is 23.0 Å². The normalized spacial score (nSPS) is 10.8. The zero-order valence-electron chi connectivity index (χ0n) is 16.6. The summed E-state index contributed by atoms with van der Waals surface area (Å²) in [5.41, 5.74) is 1.67. The van der Waals surface area contributed by atoms with Crippen molar-refractivity contribution in [1.82, 2.24) is 14.8 Å². The van der Waals surface area contributed by atoms with Crippen molar-refractivity contribution in [3.63, 3.8) is 0 Å². The van der Waals surface area contributed by atoms with Crippen LogP contribution >= 0.6 is 23.4 Å². The molecule has 0 aliphatic carbocycles. The van der Waals surface area contributed by atoms with Gasteiger partial charge in [0.2, 0.25) is 5.91 Å². The van der Waals surface area contributed by atoms with E-state index in [1.54, 1.807) is 6.07 Å². The molecule has 1 heterocycles. The number of rotatable bonds is 7. The summed E-state index contributed by atoms with van der Waals surface area (Å²) in [5, 5.41) is 12.0. The largest absolute Gasteiger partial charge is 0.323 e. The van der Waals surface area contributed by atoms with Gasteiger partial charge < -0.3 is 5.32 Å². The molecular formula is C23H17ClF2N4OS. The first-order valence-corrected chi connectivity index (χ1v) is 11.0. The smallest absolute Gasteiger partial charge is 0.234 e. The molecule has 0 spiro atoms. The van der Waals surface area contributed by atoms with Crippen LogP contribution in [0.2, 0.25) is 5.02 Å². The van der Waals surface area contributed by atoms with E-state index in [9.17, 15) is 13.6 Å². The SMILES string of the molecule is O=C(CSc1nnc(-c2ccccc2Cl)n1Cc1ccccc1)Nc1ccc(F)cc1F. The summed E-state index contributed by atoms with van der Waals surface area (Å²) in [5.74, 6) is -1.46. The van der Waals surface area contributed by atoms with Crippen molar-refractivity contribution in [3.8, 4) is 11.4 Å². The minimum absolute atomic E-state index is 0.0355. The number of hydrogen-bond donors (Lipinski definition) is 1. The molecule has 3 aromatic carbocycles. The van der Waals surface area contributed by atoms with Crippen LogP contribution in [0.5, 0.6) is 0 Å². The highest BCUT2D eigenvalue weighted by Gasteiger charge is 2.18. The van der Waals surface area contributed by atoms with E-state index in [4.69, 9.17) is 11.6 Å². The molecule has 5 nitrogen and oxygen atoms in total. The van der Waals surface area contributed by atoms with Crippen LogP contribution in [0.1, 0.15) is 5.56 Å². The van der Waals surface area contributed by atoms with Gasteiger partial charge in [-0.15, -0.1) is 10.2 Å². The quantitative estimate of drug-likeness (QED) is 0.354. The summed E-state index contributed by atoms with van der Waals surface area (Å²) < 4.78 is 28.8. The lowest BCUT2D eigenvalue weighted by Gasteiger charge is -2.11. The molecule has 0 saturated carbocycles. The number of hydrogen-bond acceptors (Lipinski definition) is 4. The van der Waals surface area contributed by atoms with Gasteiger partial charge in [-0.1, -0.05) is 65.8 Å². The van der Waals surface area contributed by atoms with E-state index in [1.807, 2.05) is 53.1 Å². The zero-order chi connectivity index (χ0) is 22.5. The summed E-state index contributed by atoms with van der Waals surface area (Å²) >= 11 is 7.53. The number of aromatic nitrogens is 3. The molecule has 4 rings (SSSR count). The molecule has 0 atom stereocenters. The highest BCUT2D eigenvalue weighted by molar-refractivity contribution is 7.99. The number of carbonyl (C=O) groups is 1. The fraction of sp³-hybridized carbons (Fsp3) is 0.0870. The summed E-state index contributed by atoms with van der Waals surface area (Å²) in [7, 11) is 0. The maximum Gasteiger partial charge on any atom is 0.234 e. The summed E-state index contributed by atoms with van der Waals surface area (Å²) in [6.45, 7) is 0.477. The predicted molar refractivity (Wildman–Crippen MR) is 122 cm³/mol. The van der Waals surface area contributed by atoms with E-state index in [0.717, 1.165) is 35.0 Å². The van der Waals surface area contributed by atoms with Crippen molar-refractivity contribution in [2.75, 3.05) is 11.1 Å². The number of nitrogens with zero attached hydrogens (tertiary/aromatic N) is 3. The molecule has 0 radical (unpaired) electrons. The van der Waals surface area contributed by atoms with E-state index in [2.05, 4.69) is 15.5 Å². The van der Waals surface area contributed by atoms with Gasteiger partial charge in [0.25, 0.3) is 0 Å². The Bertz CT molecular complexity index is 1250. The van der Waals surface area contributed by atoms with E-state index < -0.39 is 17.5 Å². The van der Waals surface area contributed by atoms with Gasteiger partial charge in [-0.3, -0.25) is 9.36 Å². The van der Waals surface area contributed by atoms with Crippen molar-refractivity contribution in [1.29, 1.82) is 0 Å². The molecule has 1 aromatic heterocycles. The molecule has 0 aliphatic heterocycles. The fourth-order valence-corrected chi connectivity index (χ4v) is 4.01. The molecule has 4 aromatic rings. The molecule has 1 amide bonds. The van der Waals surface area contributed by atoms with Crippen LogP contribution in [0, 0.1) is 11.6 Å². The Hall–Kier alpha value is -3.23. The van der Waals surface area contributed by atoms with Gasteiger partial charge in [0.15, 0.2) is 11.0 Å². The Morgan fingerprint density at radius 1 is 1.00 bits per heavy atom. The van der Waals surface area contributed by atoms with Gasteiger partial charge >= 0.3 is 0 Å². The Morgan fingerprint density at radius 3 is 2.50 bits per heavy atom. The van der Waals surface area contributed by atoms with Crippen LogP contribution in [-0.4, -0.2) is 26.4 Å². The second-order valence-electron chi connectivity index (χ2n) is 6.82. The maximum atomic E-state index is 13.8. The van der Waals surface area contributed by atoms with Crippen LogP contribution in [0.3, 0.4) is 0 Å². The number of amides is 1. The second-order valence-corrected chi connectivity index (χ2v) is 8.17. The minimum Gasteiger partial charge on any atom is -0.323 e. The monoisotopic (exact) mass is 470 g/mol. The first-order chi connectivity index (χ1) is 15.5. The highest BCUT2D eigenvalue weighted by atomic mass is 35.5. The molecule has 0 bridgehead atoms.